The number of amides is 1. The van der Waals surface area contributed by atoms with E-state index in [0.29, 0.717) is 27.9 Å². The number of nitrogens with one attached hydrogen (secondary N) is 1. The van der Waals surface area contributed by atoms with Gasteiger partial charge in [0.05, 0.1) is 18.7 Å². The number of hydrogen-bond acceptors (Lipinski definition) is 6. The summed E-state index contributed by atoms with van der Waals surface area (Å²) in [5, 5.41) is 7.11. The minimum Gasteiger partial charge on any atom is -0.497 e. The van der Waals surface area contributed by atoms with Crippen molar-refractivity contribution in [1.82, 2.24) is 15.5 Å². The first-order valence-electron chi connectivity index (χ1n) is 8.22. The molecule has 2 aromatic carbocycles. The molecular weight excluding hydrogens is 370 g/mol. The Morgan fingerprint density at radius 1 is 1.22 bits per heavy atom. The van der Waals surface area contributed by atoms with Crippen LogP contribution < -0.4 is 14.8 Å². The van der Waals surface area contributed by atoms with Gasteiger partial charge in [-0.3, -0.25) is 4.79 Å². The van der Waals surface area contributed by atoms with Gasteiger partial charge in [-0.25, -0.2) is 0 Å². The monoisotopic (exact) mass is 387 g/mol. The highest BCUT2D eigenvalue weighted by Gasteiger charge is 2.17. The molecule has 140 valence electrons. The number of rotatable bonds is 7. The van der Waals surface area contributed by atoms with Gasteiger partial charge in [-0.1, -0.05) is 35.0 Å². The van der Waals surface area contributed by atoms with Gasteiger partial charge < -0.3 is 19.3 Å². The zero-order chi connectivity index (χ0) is 19.2. The van der Waals surface area contributed by atoms with Crippen LogP contribution in [0.2, 0.25) is 5.02 Å². The third-order valence-corrected chi connectivity index (χ3v) is 4.05. The fraction of sp³-hybridized carbons (Fsp3) is 0.211. The van der Waals surface area contributed by atoms with Crippen molar-refractivity contribution in [1.29, 1.82) is 0 Å². The van der Waals surface area contributed by atoms with Gasteiger partial charge in [-0.05, 0) is 31.2 Å². The molecule has 0 bridgehead atoms. The number of carbonyl (C=O) groups is 1. The average molecular weight is 388 g/mol. The van der Waals surface area contributed by atoms with Gasteiger partial charge >= 0.3 is 0 Å². The van der Waals surface area contributed by atoms with E-state index in [1.807, 2.05) is 12.1 Å². The fourth-order valence-corrected chi connectivity index (χ4v) is 2.54. The third-order valence-electron chi connectivity index (χ3n) is 3.72. The van der Waals surface area contributed by atoms with Gasteiger partial charge in [-0.2, -0.15) is 4.98 Å². The third kappa shape index (κ3) is 4.77. The van der Waals surface area contributed by atoms with Crippen LogP contribution in [-0.2, 0) is 11.3 Å². The smallest absolute Gasteiger partial charge is 0.261 e. The van der Waals surface area contributed by atoms with Crippen molar-refractivity contribution < 1.29 is 18.8 Å². The Hall–Kier alpha value is -3.06. The number of hydrogen-bond donors (Lipinski definition) is 1. The summed E-state index contributed by atoms with van der Waals surface area (Å²) in [5.41, 5.74) is 0.662. The lowest BCUT2D eigenvalue weighted by Crippen LogP contribution is -2.36. The van der Waals surface area contributed by atoms with Crippen molar-refractivity contribution in [2.45, 2.75) is 19.6 Å². The number of methoxy groups -OCH3 is 1. The van der Waals surface area contributed by atoms with Crippen molar-refractivity contribution >= 4 is 17.5 Å². The molecule has 1 aromatic heterocycles. The average Bonchev–Trinajstić information content (AvgIpc) is 3.15. The molecule has 8 heteroatoms. The van der Waals surface area contributed by atoms with Crippen LogP contribution in [0.25, 0.3) is 11.4 Å². The normalized spacial score (nSPS) is 11.7. The molecule has 0 aliphatic rings. The minimum absolute atomic E-state index is 0.0854. The summed E-state index contributed by atoms with van der Waals surface area (Å²) in [5.74, 6) is 1.52. The molecular formula is C19H18ClN3O4. The molecule has 1 N–H and O–H groups in total. The maximum absolute atomic E-state index is 12.2. The van der Waals surface area contributed by atoms with Crippen LogP contribution in [0.4, 0.5) is 0 Å². The number of halogens is 1. The Bertz CT molecular complexity index is 929. The zero-order valence-corrected chi connectivity index (χ0v) is 15.6. The molecule has 0 aliphatic heterocycles. The largest absolute Gasteiger partial charge is 0.497 e. The summed E-state index contributed by atoms with van der Waals surface area (Å²) in [4.78, 5) is 16.5. The van der Waals surface area contributed by atoms with Crippen LogP contribution >= 0.6 is 11.6 Å². The van der Waals surface area contributed by atoms with E-state index in [2.05, 4.69) is 15.5 Å². The van der Waals surface area contributed by atoms with E-state index >= 15 is 0 Å². The van der Waals surface area contributed by atoms with Crippen LogP contribution in [0.3, 0.4) is 0 Å². The molecule has 7 nitrogen and oxygen atoms in total. The molecule has 0 spiro atoms. The van der Waals surface area contributed by atoms with E-state index in [-0.39, 0.29) is 18.3 Å². The highest BCUT2D eigenvalue weighted by molar-refractivity contribution is 6.33. The van der Waals surface area contributed by atoms with E-state index in [4.69, 9.17) is 25.6 Å². The predicted molar refractivity (Wildman–Crippen MR) is 99.7 cm³/mol. The molecule has 0 unspecified atom stereocenters. The number of ether oxygens (including phenoxy) is 2. The van der Waals surface area contributed by atoms with Gasteiger partial charge in [0, 0.05) is 11.6 Å². The van der Waals surface area contributed by atoms with Crippen molar-refractivity contribution in [3.8, 4) is 22.9 Å². The Labute approximate surface area is 161 Å². The minimum atomic E-state index is -0.705. The van der Waals surface area contributed by atoms with Gasteiger partial charge in [0.25, 0.3) is 5.91 Å². The van der Waals surface area contributed by atoms with Crippen molar-refractivity contribution in [3.63, 3.8) is 0 Å². The number of aromatic nitrogens is 2. The zero-order valence-electron chi connectivity index (χ0n) is 14.8. The van der Waals surface area contributed by atoms with E-state index in [1.165, 1.54) is 0 Å². The first-order valence-corrected chi connectivity index (χ1v) is 8.60. The molecule has 1 amide bonds. The summed E-state index contributed by atoms with van der Waals surface area (Å²) >= 11 is 6.12. The second kappa shape index (κ2) is 8.55. The molecule has 1 heterocycles. The second-order valence-electron chi connectivity index (χ2n) is 5.65. The molecule has 3 rings (SSSR count). The molecule has 0 fully saturated rings. The van der Waals surface area contributed by atoms with Gasteiger partial charge in [0.1, 0.15) is 11.5 Å². The van der Waals surface area contributed by atoms with Crippen LogP contribution in [0, 0.1) is 0 Å². The molecule has 0 aliphatic carbocycles. The summed E-state index contributed by atoms with van der Waals surface area (Å²) in [7, 11) is 1.57. The topological polar surface area (TPSA) is 86.5 Å². The molecule has 3 aromatic rings. The van der Waals surface area contributed by atoms with Crippen molar-refractivity contribution in [3.05, 3.63) is 59.4 Å². The quantitative estimate of drug-likeness (QED) is 0.667. The highest BCUT2D eigenvalue weighted by Crippen LogP contribution is 2.24. The predicted octanol–water partition coefficient (Wildman–Crippen LogP) is 3.48. The van der Waals surface area contributed by atoms with E-state index < -0.39 is 6.10 Å². The Balaban J connectivity index is 1.56. The highest BCUT2D eigenvalue weighted by atomic mass is 35.5. The lowest BCUT2D eigenvalue weighted by molar-refractivity contribution is -0.127. The lowest BCUT2D eigenvalue weighted by Gasteiger charge is -2.14. The summed E-state index contributed by atoms with van der Waals surface area (Å²) in [6, 6.07) is 14.2. The van der Waals surface area contributed by atoms with E-state index in [9.17, 15) is 4.79 Å². The van der Waals surface area contributed by atoms with Crippen LogP contribution in [0.15, 0.2) is 53.1 Å². The summed E-state index contributed by atoms with van der Waals surface area (Å²) in [6.45, 7) is 1.74. The standard InChI is InChI=1S/C19H18ClN3O4/c1-12(26-14-7-5-6-13(10-14)25-2)19(24)21-11-17-22-18(23-27-17)15-8-3-4-9-16(15)20/h3-10,12H,11H2,1-2H3,(H,21,24)/t12-/m0/s1. The molecule has 1 atom stereocenters. The Morgan fingerprint density at radius 3 is 2.78 bits per heavy atom. The molecule has 0 saturated carbocycles. The Kier molecular flexibility index (Phi) is 5.93. The first kappa shape index (κ1) is 18.7. The van der Waals surface area contributed by atoms with Crippen LogP contribution in [0.1, 0.15) is 12.8 Å². The maximum atomic E-state index is 12.2. The SMILES string of the molecule is COc1cccc(O[C@@H](C)C(=O)NCc2nc(-c3ccccc3Cl)no2)c1. The molecule has 0 radical (unpaired) electrons. The molecule has 27 heavy (non-hydrogen) atoms. The summed E-state index contributed by atoms with van der Waals surface area (Å²) in [6.07, 6.45) is -0.705. The van der Waals surface area contributed by atoms with Gasteiger partial charge in [-0.15, -0.1) is 0 Å². The number of carbonyl (C=O) groups excluding carboxylic acids is 1. The van der Waals surface area contributed by atoms with Crippen LogP contribution in [0.5, 0.6) is 11.5 Å². The van der Waals surface area contributed by atoms with Crippen molar-refractivity contribution in [2.24, 2.45) is 0 Å². The van der Waals surface area contributed by atoms with E-state index in [0.717, 1.165) is 0 Å². The number of benzene rings is 2. The molecule has 0 saturated heterocycles. The van der Waals surface area contributed by atoms with Gasteiger partial charge in [0.15, 0.2) is 6.10 Å². The lowest BCUT2D eigenvalue weighted by atomic mass is 10.2. The maximum Gasteiger partial charge on any atom is 0.261 e. The fourth-order valence-electron chi connectivity index (χ4n) is 2.32. The van der Waals surface area contributed by atoms with E-state index in [1.54, 1.807) is 50.4 Å². The number of nitrogens with zero attached hydrogens (tertiary/aromatic N) is 2. The van der Waals surface area contributed by atoms with Crippen molar-refractivity contribution in [2.75, 3.05) is 7.11 Å². The summed E-state index contributed by atoms with van der Waals surface area (Å²) < 4.78 is 15.9. The van der Waals surface area contributed by atoms with Crippen LogP contribution in [-0.4, -0.2) is 29.3 Å². The van der Waals surface area contributed by atoms with Gasteiger partial charge in [0.2, 0.25) is 11.7 Å². The Morgan fingerprint density at radius 2 is 2.00 bits per heavy atom. The first-order chi connectivity index (χ1) is 13.1. The second-order valence-corrected chi connectivity index (χ2v) is 6.06.